The largest absolute Gasteiger partial charge is 0.476 e. The summed E-state index contributed by atoms with van der Waals surface area (Å²) in [4.78, 5) is 12.5. The Balaban J connectivity index is 1.67. The molecule has 0 spiro atoms. The number of carbonyl (C=O) groups excluding carboxylic acids is 1. The van der Waals surface area contributed by atoms with Gasteiger partial charge in [0.05, 0.1) is 18.0 Å². The van der Waals surface area contributed by atoms with E-state index in [1.165, 1.54) is 4.31 Å². The first-order valence-corrected chi connectivity index (χ1v) is 10.7. The molecule has 1 atom stereocenters. The van der Waals surface area contributed by atoms with Crippen LogP contribution in [0.3, 0.4) is 0 Å². The lowest BCUT2D eigenvalue weighted by Gasteiger charge is -2.34. The van der Waals surface area contributed by atoms with Crippen LogP contribution in [0.5, 0.6) is 5.75 Å². The summed E-state index contributed by atoms with van der Waals surface area (Å²) in [5, 5.41) is 3.48. The van der Waals surface area contributed by atoms with E-state index in [0.29, 0.717) is 29.4 Å². The van der Waals surface area contributed by atoms with E-state index < -0.39 is 16.1 Å². The molecule has 0 fully saturated rings. The number of ether oxygens (including phenoxy) is 1. The van der Waals surface area contributed by atoms with Crippen LogP contribution in [-0.4, -0.2) is 39.3 Å². The molecule has 0 unspecified atom stereocenters. The highest BCUT2D eigenvalue weighted by Gasteiger charge is 2.35. The van der Waals surface area contributed by atoms with E-state index in [2.05, 4.69) is 5.32 Å². The average Bonchev–Trinajstić information content (AvgIpc) is 2.68. The zero-order valence-corrected chi connectivity index (χ0v) is 16.5. The van der Waals surface area contributed by atoms with Gasteiger partial charge in [-0.2, -0.15) is 0 Å². The van der Waals surface area contributed by atoms with Crippen LogP contribution in [0.2, 0.25) is 5.02 Å². The zero-order valence-electron chi connectivity index (χ0n) is 14.9. The minimum absolute atomic E-state index is 0.0417. The summed E-state index contributed by atoms with van der Waals surface area (Å²) in [5.41, 5.74) is 1.51. The molecule has 1 aliphatic rings. The van der Waals surface area contributed by atoms with Crippen molar-refractivity contribution in [3.63, 3.8) is 0 Å². The third-order valence-electron chi connectivity index (χ3n) is 4.35. The summed E-state index contributed by atoms with van der Waals surface area (Å²) in [6.45, 7) is 1.96. The number of sulfonamides is 1. The SMILES string of the molecule is CCS(=O)(=O)N1C[C@@H](C(=O)NCCc2ccc(Cl)cc2)Oc2ccccc21. The van der Waals surface area contributed by atoms with Gasteiger partial charge in [0.2, 0.25) is 10.0 Å². The van der Waals surface area contributed by atoms with Crippen molar-refractivity contribution in [2.45, 2.75) is 19.4 Å². The molecule has 1 amide bonds. The molecule has 2 aromatic carbocycles. The first-order valence-electron chi connectivity index (χ1n) is 8.69. The van der Waals surface area contributed by atoms with Gasteiger partial charge in [-0.3, -0.25) is 9.10 Å². The van der Waals surface area contributed by atoms with Gasteiger partial charge in [-0.25, -0.2) is 8.42 Å². The van der Waals surface area contributed by atoms with Crippen LogP contribution in [0.4, 0.5) is 5.69 Å². The number of amides is 1. The molecule has 8 heteroatoms. The van der Waals surface area contributed by atoms with Crippen LogP contribution in [-0.2, 0) is 21.2 Å². The molecule has 3 rings (SSSR count). The first kappa shape index (κ1) is 19.5. The van der Waals surface area contributed by atoms with Crippen molar-refractivity contribution in [1.82, 2.24) is 5.32 Å². The standard InChI is InChI=1S/C19H21ClN2O4S/c1-2-27(24,25)22-13-18(26-17-6-4-3-5-16(17)22)19(23)21-12-11-14-7-9-15(20)10-8-14/h3-10,18H,2,11-13H2,1H3,(H,21,23)/t18-/m0/s1. The Morgan fingerprint density at radius 1 is 1.22 bits per heavy atom. The highest BCUT2D eigenvalue weighted by molar-refractivity contribution is 7.92. The lowest BCUT2D eigenvalue weighted by Crippen LogP contribution is -2.51. The van der Waals surface area contributed by atoms with Crippen LogP contribution in [0.1, 0.15) is 12.5 Å². The monoisotopic (exact) mass is 408 g/mol. The predicted molar refractivity (Wildman–Crippen MR) is 106 cm³/mol. The van der Waals surface area contributed by atoms with Gasteiger partial charge in [0.1, 0.15) is 5.75 Å². The fourth-order valence-electron chi connectivity index (χ4n) is 2.85. The zero-order chi connectivity index (χ0) is 19.4. The van der Waals surface area contributed by atoms with Gasteiger partial charge < -0.3 is 10.1 Å². The van der Waals surface area contributed by atoms with Gasteiger partial charge in [-0.05, 0) is 43.2 Å². The van der Waals surface area contributed by atoms with Crippen molar-refractivity contribution >= 4 is 33.2 Å². The number of carbonyl (C=O) groups is 1. The number of hydrogen-bond acceptors (Lipinski definition) is 4. The van der Waals surface area contributed by atoms with Crippen LogP contribution >= 0.6 is 11.6 Å². The second kappa shape index (κ2) is 8.19. The van der Waals surface area contributed by atoms with Crippen molar-refractivity contribution in [3.05, 3.63) is 59.1 Å². The first-order chi connectivity index (χ1) is 12.9. The molecule has 0 saturated heterocycles. The highest BCUT2D eigenvalue weighted by atomic mass is 35.5. The fraction of sp³-hybridized carbons (Fsp3) is 0.316. The van der Waals surface area contributed by atoms with Crippen LogP contribution in [0.15, 0.2) is 48.5 Å². The molecule has 0 aromatic heterocycles. The van der Waals surface area contributed by atoms with E-state index in [0.717, 1.165) is 5.56 Å². The molecular weight excluding hydrogens is 388 g/mol. The Hall–Kier alpha value is -2.25. The van der Waals surface area contributed by atoms with Gasteiger partial charge in [0.15, 0.2) is 6.10 Å². The van der Waals surface area contributed by atoms with Gasteiger partial charge in [0.25, 0.3) is 5.91 Å². The molecule has 1 heterocycles. The molecule has 2 aromatic rings. The summed E-state index contributed by atoms with van der Waals surface area (Å²) < 4.78 is 31.9. The second-order valence-corrected chi connectivity index (χ2v) is 8.79. The number of anilines is 1. The lowest BCUT2D eigenvalue weighted by molar-refractivity contribution is -0.127. The average molecular weight is 409 g/mol. The summed E-state index contributed by atoms with van der Waals surface area (Å²) in [5.74, 6) is 0.0000757. The third kappa shape index (κ3) is 4.54. The summed E-state index contributed by atoms with van der Waals surface area (Å²) in [6, 6.07) is 14.2. The van der Waals surface area contributed by atoms with Crippen LogP contribution < -0.4 is 14.4 Å². The minimum Gasteiger partial charge on any atom is -0.476 e. The molecule has 0 aliphatic carbocycles. The molecule has 0 radical (unpaired) electrons. The Morgan fingerprint density at radius 3 is 2.63 bits per heavy atom. The summed E-state index contributed by atoms with van der Waals surface area (Å²) in [6.07, 6.45) is -0.255. The molecular formula is C19H21ClN2O4S. The number of hydrogen-bond donors (Lipinski definition) is 1. The molecule has 27 heavy (non-hydrogen) atoms. The summed E-state index contributed by atoms with van der Waals surface area (Å²) >= 11 is 5.86. The number of nitrogens with zero attached hydrogens (tertiary/aromatic N) is 1. The smallest absolute Gasteiger partial charge is 0.263 e. The molecule has 0 saturated carbocycles. The fourth-order valence-corrected chi connectivity index (χ4v) is 4.10. The maximum absolute atomic E-state index is 12.5. The van der Waals surface area contributed by atoms with Crippen LogP contribution in [0, 0.1) is 0 Å². The van der Waals surface area contributed by atoms with Gasteiger partial charge >= 0.3 is 0 Å². The normalized spacial score (nSPS) is 16.4. The minimum atomic E-state index is -3.51. The van der Waals surface area contributed by atoms with Crippen molar-refractivity contribution in [2.24, 2.45) is 0 Å². The van der Waals surface area contributed by atoms with Gasteiger partial charge in [-0.1, -0.05) is 35.9 Å². The van der Waals surface area contributed by atoms with Gasteiger partial charge in [0, 0.05) is 11.6 Å². The Morgan fingerprint density at radius 2 is 1.93 bits per heavy atom. The quantitative estimate of drug-likeness (QED) is 0.797. The Labute approximate surface area is 164 Å². The highest BCUT2D eigenvalue weighted by Crippen LogP contribution is 2.35. The van der Waals surface area contributed by atoms with E-state index in [9.17, 15) is 13.2 Å². The van der Waals surface area contributed by atoms with E-state index in [4.69, 9.17) is 16.3 Å². The Kier molecular flexibility index (Phi) is 5.92. The van der Waals surface area contributed by atoms with E-state index in [1.807, 2.05) is 12.1 Å². The summed E-state index contributed by atoms with van der Waals surface area (Å²) in [7, 11) is -3.51. The molecule has 144 valence electrons. The second-order valence-electron chi connectivity index (χ2n) is 6.17. The number of para-hydroxylation sites is 2. The number of rotatable bonds is 6. The number of halogens is 1. The molecule has 1 N–H and O–H groups in total. The van der Waals surface area contributed by atoms with Gasteiger partial charge in [-0.15, -0.1) is 0 Å². The lowest BCUT2D eigenvalue weighted by atomic mass is 10.1. The van der Waals surface area contributed by atoms with E-state index in [1.54, 1.807) is 43.3 Å². The van der Waals surface area contributed by atoms with Crippen molar-refractivity contribution in [2.75, 3.05) is 23.1 Å². The Bertz CT molecular complexity index is 916. The topological polar surface area (TPSA) is 75.7 Å². The molecule has 6 nitrogen and oxygen atoms in total. The molecule has 1 aliphatic heterocycles. The number of benzene rings is 2. The molecule has 0 bridgehead atoms. The van der Waals surface area contributed by atoms with Crippen LogP contribution in [0.25, 0.3) is 0 Å². The van der Waals surface area contributed by atoms with Crippen molar-refractivity contribution in [3.8, 4) is 5.75 Å². The number of nitrogens with one attached hydrogen (secondary N) is 1. The van der Waals surface area contributed by atoms with Crippen molar-refractivity contribution in [1.29, 1.82) is 0 Å². The van der Waals surface area contributed by atoms with E-state index in [-0.39, 0.29) is 18.2 Å². The van der Waals surface area contributed by atoms with E-state index >= 15 is 0 Å². The number of fused-ring (bicyclic) bond motifs is 1. The maximum atomic E-state index is 12.5. The van der Waals surface area contributed by atoms with Crippen molar-refractivity contribution < 1.29 is 17.9 Å². The maximum Gasteiger partial charge on any atom is 0.263 e. The third-order valence-corrected chi connectivity index (χ3v) is 6.35. The predicted octanol–water partition coefficient (Wildman–Crippen LogP) is 2.62.